The van der Waals surface area contributed by atoms with E-state index >= 15 is 0 Å². The number of amides is 2. The van der Waals surface area contributed by atoms with E-state index in [1.54, 1.807) is 12.5 Å². The number of anilines is 1. The van der Waals surface area contributed by atoms with Crippen LogP contribution in [0.1, 0.15) is 17.5 Å². The van der Waals surface area contributed by atoms with E-state index in [0.717, 1.165) is 22.7 Å². The fraction of sp³-hybridized carbons (Fsp3) is 0.190. The van der Waals surface area contributed by atoms with Crippen molar-refractivity contribution in [2.45, 2.75) is 29.7 Å². The van der Waals surface area contributed by atoms with Crippen LogP contribution in [0.25, 0.3) is 0 Å². The van der Waals surface area contributed by atoms with Crippen molar-refractivity contribution in [2.24, 2.45) is 0 Å². The lowest BCUT2D eigenvalue weighted by molar-refractivity contribution is -0.124. The van der Waals surface area contributed by atoms with Gasteiger partial charge < -0.3 is 15.2 Å². The van der Waals surface area contributed by atoms with Crippen LogP contribution in [0.4, 0.5) is 5.69 Å². The van der Waals surface area contributed by atoms with Crippen molar-refractivity contribution in [1.82, 2.24) is 14.9 Å². The smallest absolute Gasteiger partial charge is 0.238 e. The van der Waals surface area contributed by atoms with Gasteiger partial charge in [-0.3, -0.25) is 9.59 Å². The van der Waals surface area contributed by atoms with Gasteiger partial charge >= 0.3 is 0 Å². The van der Waals surface area contributed by atoms with Gasteiger partial charge in [-0.25, -0.2) is 4.98 Å². The maximum atomic E-state index is 12.3. The van der Waals surface area contributed by atoms with Gasteiger partial charge in [0.15, 0.2) is 0 Å². The first kappa shape index (κ1) is 18.3. The molecule has 0 fully saturated rings. The first-order valence-corrected chi connectivity index (χ1v) is 9.92. The molecule has 2 amide bonds. The molecule has 0 bridgehead atoms. The zero-order valence-electron chi connectivity index (χ0n) is 15.2. The Kier molecular flexibility index (Phi) is 5.43. The summed E-state index contributed by atoms with van der Waals surface area (Å²) in [4.78, 5) is 29.6. The molecule has 0 aliphatic carbocycles. The van der Waals surface area contributed by atoms with Gasteiger partial charge in [0, 0.05) is 36.8 Å². The summed E-state index contributed by atoms with van der Waals surface area (Å²) in [5.41, 5.74) is 3.00. The van der Waals surface area contributed by atoms with Gasteiger partial charge in [0.05, 0.1) is 17.3 Å². The van der Waals surface area contributed by atoms with E-state index in [1.165, 1.54) is 17.3 Å². The largest absolute Gasteiger partial charge is 0.352 e. The molecule has 0 radical (unpaired) electrons. The highest BCUT2D eigenvalue weighted by Gasteiger charge is 2.28. The van der Waals surface area contributed by atoms with Crippen LogP contribution < -0.4 is 10.6 Å². The van der Waals surface area contributed by atoms with Gasteiger partial charge in [0.25, 0.3) is 0 Å². The minimum Gasteiger partial charge on any atom is -0.352 e. The lowest BCUT2D eigenvalue weighted by Gasteiger charge is -2.23. The van der Waals surface area contributed by atoms with E-state index in [2.05, 4.69) is 15.6 Å². The van der Waals surface area contributed by atoms with E-state index in [1.807, 2.05) is 59.3 Å². The molecular weight excluding hydrogens is 372 g/mol. The molecular formula is C21H20N4O2S. The highest BCUT2D eigenvalue weighted by atomic mass is 32.2. The molecule has 7 heteroatoms. The van der Waals surface area contributed by atoms with Crippen LogP contribution >= 0.6 is 11.8 Å². The van der Waals surface area contributed by atoms with Crippen molar-refractivity contribution in [3.8, 4) is 0 Å². The quantitative estimate of drug-likeness (QED) is 0.676. The second-order valence-electron chi connectivity index (χ2n) is 6.62. The fourth-order valence-electron chi connectivity index (χ4n) is 3.02. The summed E-state index contributed by atoms with van der Waals surface area (Å²) in [5, 5.41) is 5.37. The predicted octanol–water partition coefficient (Wildman–Crippen LogP) is 3.05. The highest BCUT2D eigenvalue weighted by molar-refractivity contribution is 8.01. The number of carbonyl (C=O) groups is 2. The molecule has 1 atom stereocenters. The van der Waals surface area contributed by atoms with E-state index in [0.29, 0.717) is 6.54 Å². The Labute approximate surface area is 167 Å². The standard InChI is InChI=1S/C21H20N4O2S/c26-20(11-19-21(27)24-17-3-1-2-4-18(17)28-19)23-12-15-5-7-16(8-6-15)13-25-10-9-22-14-25/h1-10,14,19H,11-13H2,(H,23,26)(H,24,27)/t19-/m0/s1. The van der Waals surface area contributed by atoms with Gasteiger partial charge in [-0.05, 0) is 23.3 Å². The third-order valence-electron chi connectivity index (χ3n) is 4.51. The fourth-order valence-corrected chi connectivity index (χ4v) is 4.13. The van der Waals surface area contributed by atoms with E-state index in [4.69, 9.17) is 0 Å². The number of para-hydroxylation sites is 1. The van der Waals surface area contributed by atoms with Gasteiger partial charge in [0.1, 0.15) is 0 Å². The summed E-state index contributed by atoms with van der Waals surface area (Å²) in [6, 6.07) is 15.7. The van der Waals surface area contributed by atoms with E-state index in [-0.39, 0.29) is 18.2 Å². The minimum atomic E-state index is -0.410. The van der Waals surface area contributed by atoms with Crippen molar-refractivity contribution < 1.29 is 9.59 Å². The summed E-state index contributed by atoms with van der Waals surface area (Å²) in [6.45, 7) is 1.21. The van der Waals surface area contributed by atoms with Gasteiger partial charge in [-0.1, -0.05) is 36.4 Å². The molecule has 0 unspecified atom stereocenters. The Morgan fingerprint density at radius 3 is 2.71 bits per heavy atom. The molecule has 2 heterocycles. The second-order valence-corrected chi connectivity index (χ2v) is 7.87. The third-order valence-corrected chi connectivity index (χ3v) is 5.79. The lowest BCUT2D eigenvalue weighted by atomic mass is 10.1. The molecule has 1 aromatic heterocycles. The zero-order chi connectivity index (χ0) is 19.3. The van der Waals surface area contributed by atoms with Crippen molar-refractivity contribution in [1.29, 1.82) is 0 Å². The topological polar surface area (TPSA) is 76.0 Å². The summed E-state index contributed by atoms with van der Waals surface area (Å²) in [7, 11) is 0. The van der Waals surface area contributed by atoms with Crippen molar-refractivity contribution in [2.75, 3.05) is 5.32 Å². The van der Waals surface area contributed by atoms with Gasteiger partial charge in [0.2, 0.25) is 11.8 Å². The molecule has 2 aromatic carbocycles. The van der Waals surface area contributed by atoms with Crippen LogP contribution in [-0.2, 0) is 22.7 Å². The minimum absolute atomic E-state index is 0.122. The Morgan fingerprint density at radius 2 is 1.93 bits per heavy atom. The predicted molar refractivity (Wildman–Crippen MR) is 109 cm³/mol. The maximum absolute atomic E-state index is 12.3. The highest BCUT2D eigenvalue weighted by Crippen LogP contribution is 2.36. The Balaban J connectivity index is 1.28. The van der Waals surface area contributed by atoms with Gasteiger partial charge in [-0.15, -0.1) is 11.8 Å². The average Bonchev–Trinajstić information content (AvgIpc) is 3.21. The zero-order valence-corrected chi connectivity index (χ0v) is 16.0. The molecule has 1 aliphatic rings. The number of thioether (sulfide) groups is 1. The SMILES string of the molecule is O=C(C[C@@H]1Sc2ccccc2NC1=O)NCc1ccc(Cn2ccnc2)cc1. The average molecular weight is 392 g/mol. The number of imidazole rings is 1. The Hall–Kier alpha value is -3.06. The second kappa shape index (κ2) is 8.31. The monoisotopic (exact) mass is 392 g/mol. The Morgan fingerprint density at radius 1 is 1.14 bits per heavy atom. The van der Waals surface area contributed by atoms with Crippen molar-refractivity contribution in [3.05, 3.63) is 78.4 Å². The molecule has 0 saturated carbocycles. The number of carbonyl (C=O) groups excluding carboxylic acids is 2. The number of nitrogens with one attached hydrogen (secondary N) is 2. The summed E-state index contributed by atoms with van der Waals surface area (Å²) in [5.74, 6) is -0.253. The van der Waals surface area contributed by atoms with Crippen molar-refractivity contribution in [3.63, 3.8) is 0 Å². The first-order valence-electron chi connectivity index (χ1n) is 9.04. The normalized spacial score (nSPS) is 15.6. The van der Waals surface area contributed by atoms with Crippen LogP contribution in [0.2, 0.25) is 0 Å². The summed E-state index contributed by atoms with van der Waals surface area (Å²) in [6.07, 6.45) is 5.62. The number of aromatic nitrogens is 2. The van der Waals surface area contributed by atoms with E-state index in [9.17, 15) is 9.59 Å². The lowest BCUT2D eigenvalue weighted by Crippen LogP contribution is -2.34. The molecule has 0 spiro atoms. The number of fused-ring (bicyclic) bond motifs is 1. The molecule has 0 saturated heterocycles. The van der Waals surface area contributed by atoms with Crippen LogP contribution in [0.5, 0.6) is 0 Å². The third kappa shape index (κ3) is 4.43. The Bertz CT molecular complexity index is 970. The number of hydrogen-bond donors (Lipinski definition) is 2. The number of hydrogen-bond acceptors (Lipinski definition) is 4. The summed E-state index contributed by atoms with van der Waals surface area (Å²) < 4.78 is 2.00. The molecule has 2 N–H and O–H groups in total. The molecule has 4 rings (SSSR count). The molecule has 1 aliphatic heterocycles. The number of benzene rings is 2. The molecule has 3 aromatic rings. The van der Waals surface area contributed by atoms with Crippen LogP contribution in [-0.4, -0.2) is 26.6 Å². The maximum Gasteiger partial charge on any atom is 0.238 e. The number of rotatable bonds is 6. The summed E-state index contributed by atoms with van der Waals surface area (Å²) >= 11 is 1.44. The molecule has 28 heavy (non-hydrogen) atoms. The van der Waals surface area contributed by atoms with Crippen molar-refractivity contribution >= 4 is 29.3 Å². The van der Waals surface area contributed by atoms with Crippen LogP contribution in [0, 0.1) is 0 Å². The number of nitrogens with zero attached hydrogens (tertiary/aromatic N) is 2. The molecule has 142 valence electrons. The first-order chi connectivity index (χ1) is 13.7. The van der Waals surface area contributed by atoms with E-state index < -0.39 is 5.25 Å². The van der Waals surface area contributed by atoms with Crippen LogP contribution in [0.3, 0.4) is 0 Å². The molecule has 6 nitrogen and oxygen atoms in total. The van der Waals surface area contributed by atoms with Gasteiger partial charge in [-0.2, -0.15) is 0 Å². The van der Waals surface area contributed by atoms with Crippen LogP contribution in [0.15, 0.2) is 72.1 Å².